The van der Waals surface area contributed by atoms with Gasteiger partial charge < -0.3 is 10.5 Å². The van der Waals surface area contributed by atoms with Gasteiger partial charge in [-0.25, -0.2) is 4.98 Å². The molecular weight excluding hydrogens is 244 g/mol. The maximum Gasteiger partial charge on any atom is 0.219 e. The molecule has 3 nitrogen and oxygen atoms in total. The van der Waals surface area contributed by atoms with E-state index in [4.69, 9.17) is 22.7 Å². The fraction of sp³-hybridized carbons (Fsp3) is 0.143. The zero-order valence-corrected chi connectivity index (χ0v) is 10.9. The van der Waals surface area contributed by atoms with E-state index in [1.807, 2.05) is 24.3 Å². The molecule has 1 heterocycles. The molecule has 0 radical (unpaired) electrons. The summed E-state index contributed by atoms with van der Waals surface area (Å²) in [6.07, 6.45) is 2.55. The average Bonchev–Trinajstić information content (AvgIpc) is 2.39. The minimum Gasteiger partial charge on any atom is -0.439 e. The van der Waals surface area contributed by atoms with Crippen LogP contribution in [0.5, 0.6) is 11.6 Å². The molecular formula is C14H14N2OS. The van der Waals surface area contributed by atoms with Crippen molar-refractivity contribution in [2.75, 3.05) is 0 Å². The number of ether oxygens (including phenoxy) is 1. The molecule has 2 rings (SSSR count). The number of hydrogen-bond acceptors (Lipinski definition) is 3. The van der Waals surface area contributed by atoms with Crippen LogP contribution in [0.1, 0.15) is 18.1 Å². The van der Waals surface area contributed by atoms with E-state index in [2.05, 4.69) is 11.9 Å². The van der Waals surface area contributed by atoms with Gasteiger partial charge in [0.05, 0.1) is 0 Å². The lowest BCUT2D eigenvalue weighted by molar-refractivity contribution is 0.457. The molecule has 0 fully saturated rings. The molecule has 0 unspecified atom stereocenters. The Labute approximate surface area is 112 Å². The number of benzene rings is 1. The van der Waals surface area contributed by atoms with Crippen LogP contribution in [0.25, 0.3) is 0 Å². The average molecular weight is 258 g/mol. The van der Waals surface area contributed by atoms with E-state index in [1.54, 1.807) is 18.3 Å². The van der Waals surface area contributed by atoms with Gasteiger partial charge in [0, 0.05) is 17.8 Å². The lowest BCUT2D eigenvalue weighted by Gasteiger charge is -2.09. The van der Waals surface area contributed by atoms with Crippen molar-refractivity contribution in [1.29, 1.82) is 0 Å². The summed E-state index contributed by atoms with van der Waals surface area (Å²) in [5.41, 5.74) is 7.47. The van der Waals surface area contributed by atoms with Crippen LogP contribution >= 0.6 is 12.2 Å². The van der Waals surface area contributed by atoms with Gasteiger partial charge in [0.15, 0.2) is 0 Å². The second-order valence-electron chi connectivity index (χ2n) is 3.81. The Bertz CT molecular complexity index is 569. The maximum atomic E-state index is 5.76. The number of hydrogen-bond donors (Lipinski definition) is 1. The lowest BCUT2D eigenvalue weighted by atomic mass is 10.1. The summed E-state index contributed by atoms with van der Waals surface area (Å²) >= 11 is 4.93. The Morgan fingerprint density at radius 1 is 1.33 bits per heavy atom. The van der Waals surface area contributed by atoms with E-state index in [0.29, 0.717) is 10.9 Å². The Morgan fingerprint density at radius 3 is 2.83 bits per heavy atom. The predicted octanol–water partition coefficient (Wildman–Crippen LogP) is 3.07. The van der Waals surface area contributed by atoms with Gasteiger partial charge >= 0.3 is 0 Å². The molecule has 2 aromatic rings. The summed E-state index contributed by atoms with van der Waals surface area (Å²) in [5.74, 6) is 1.31. The van der Waals surface area contributed by atoms with Crippen LogP contribution in [0.4, 0.5) is 0 Å². The lowest BCUT2D eigenvalue weighted by Crippen LogP contribution is -2.09. The first-order valence-electron chi connectivity index (χ1n) is 5.72. The maximum absolute atomic E-state index is 5.76. The molecule has 0 bridgehead atoms. The van der Waals surface area contributed by atoms with E-state index in [0.717, 1.165) is 23.3 Å². The van der Waals surface area contributed by atoms with Crippen molar-refractivity contribution in [2.45, 2.75) is 13.3 Å². The second kappa shape index (κ2) is 5.60. The fourth-order valence-corrected chi connectivity index (χ4v) is 1.75. The van der Waals surface area contributed by atoms with E-state index < -0.39 is 0 Å². The highest BCUT2D eigenvalue weighted by Gasteiger charge is 2.05. The number of nitrogens with zero attached hydrogens (tertiary/aromatic N) is 1. The first-order chi connectivity index (χ1) is 8.70. The van der Waals surface area contributed by atoms with Gasteiger partial charge in [-0.3, -0.25) is 0 Å². The number of aryl methyl sites for hydroxylation is 1. The first-order valence-corrected chi connectivity index (χ1v) is 6.13. The van der Waals surface area contributed by atoms with Crippen LogP contribution in [0.2, 0.25) is 0 Å². The normalized spacial score (nSPS) is 10.1. The molecule has 0 amide bonds. The van der Waals surface area contributed by atoms with Crippen molar-refractivity contribution in [3.63, 3.8) is 0 Å². The molecule has 0 atom stereocenters. The van der Waals surface area contributed by atoms with Crippen molar-refractivity contribution in [1.82, 2.24) is 4.98 Å². The molecule has 4 heteroatoms. The second-order valence-corrected chi connectivity index (χ2v) is 4.25. The summed E-state index contributed by atoms with van der Waals surface area (Å²) in [5, 5.41) is 0. The van der Waals surface area contributed by atoms with Gasteiger partial charge in [0.1, 0.15) is 10.7 Å². The Balaban J connectivity index is 2.28. The van der Waals surface area contributed by atoms with Crippen LogP contribution in [-0.2, 0) is 6.42 Å². The molecule has 0 aliphatic rings. The van der Waals surface area contributed by atoms with Crippen molar-refractivity contribution in [3.05, 3.63) is 53.7 Å². The molecule has 0 spiro atoms. The highest BCUT2D eigenvalue weighted by atomic mass is 32.1. The quantitative estimate of drug-likeness (QED) is 0.856. The van der Waals surface area contributed by atoms with Gasteiger partial charge in [-0.05, 0) is 24.1 Å². The molecule has 18 heavy (non-hydrogen) atoms. The molecule has 0 saturated heterocycles. The minimum absolute atomic E-state index is 0.339. The number of thiocarbonyl (C=S) groups is 1. The molecule has 0 saturated carbocycles. The largest absolute Gasteiger partial charge is 0.439 e. The third-order valence-electron chi connectivity index (χ3n) is 2.59. The van der Waals surface area contributed by atoms with Gasteiger partial charge in [0.25, 0.3) is 0 Å². The summed E-state index contributed by atoms with van der Waals surface area (Å²) in [4.78, 5) is 4.49. The zero-order valence-electron chi connectivity index (χ0n) is 10.1. The first kappa shape index (κ1) is 12.5. The van der Waals surface area contributed by atoms with Crippen molar-refractivity contribution in [2.24, 2.45) is 5.73 Å². The minimum atomic E-state index is 0.339. The van der Waals surface area contributed by atoms with Crippen LogP contribution in [0.15, 0.2) is 42.6 Å². The van der Waals surface area contributed by atoms with Gasteiger partial charge in [0.2, 0.25) is 5.88 Å². The highest BCUT2D eigenvalue weighted by Crippen LogP contribution is 2.24. The van der Waals surface area contributed by atoms with Gasteiger partial charge in [-0.1, -0.05) is 37.3 Å². The number of rotatable bonds is 4. The van der Waals surface area contributed by atoms with E-state index in [-0.39, 0.29) is 0 Å². The predicted molar refractivity (Wildman–Crippen MR) is 76.0 cm³/mol. The number of para-hydroxylation sites is 1. The number of nitrogens with two attached hydrogens (primary N) is 1. The van der Waals surface area contributed by atoms with Crippen molar-refractivity contribution in [3.8, 4) is 11.6 Å². The SMILES string of the molecule is CCc1ccccc1Oc1cc(C(N)=S)ccn1. The summed E-state index contributed by atoms with van der Waals surface area (Å²) in [6.45, 7) is 2.08. The van der Waals surface area contributed by atoms with E-state index >= 15 is 0 Å². The van der Waals surface area contributed by atoms with E-state index in [1.165, 1.54) is 0 Å². The van der Waals surface area contributed by atoms with Crippen molar-refractivity contribution < 1.29 is 4.74 Å². The monoisotopic (exact) mass is 258 g/mol. The number of pyridine rings is 1. The Morgan fingerprint density at radius 2 is 2.11 bits per heavy atom. The Hall–Kier alpha value is -1.94. The van der Waals surface area contributed by atoms with Gasteiger partial charge in [-0.2, -0.15) is 0 Å². The zero-order chi connectivity index (χ0) is 13.0. The molecule has 2 N–H and O–H groups in total. The Kier molecular flexibility index (Phi) is 3.89. The fourth-order valence-electron chi connectivity index (χ4n) is 1.63. The molecule has 0 aliphatic heterocycles. The summed E-state index contributed by atoms with van der Waals surface area (Å²) < 4.78 is 5.76. The third-order valence-corrected chi connectivity index (χ3v) is 2.82. The van der Waals surface area contributed by atoms with Gasteiger partial charge in [-0.15, -0.1) is 0 Å². The molecule has 1 aromatic heterocycles. The molecule has 0 aliphatic carbocycles. The highest BCUT2D eigenvalue weighted by molar-refractivity contribution is 7.80. The molecule has 1 aromatic carbocycles. The standard InChI is InChI=1S/C14H14N2OS/c1-2-10-5-3-4-6-12(10)17-13-9-11(14(15)18)7-8-16-13/h3-9H,2H2,1H3,(H2,15,18). The van der Waals surface area contributed by atoms with Crippen LogP contribution in [-0.4, -0.2) is 9.97 Å². The smallest absolute Gasteiger partial charge is 0.219 e. The summed E-state index contributed by atoms with van der Waals surface area (Å²) in [7, 11) is 0. The van der Waals surface area contributed by atoms with Crippen LogP contribution in [0, 0.1) is 0 Å². The number of aromatic nitrogens is 1. The van der Waals surface area contributed by atoms with Crippen molar-refractivity contribution >= 4 is 17.2 Å². The van der Waals surface area contributed by atoms with Crippen LogP contribution < -0.4 is 10.5 Å². The topological polar surface area (TPSA) is 48.1 Å². The summed E-state index contributed by atoms with van der Waals surface area (Å²) in [6, 6.07) is 11.4. The van der Waals surface area contributed by atoms with E-state index in [9.17, 15) is 0 Å². The van der Waals surface area contributed by atoms with Crippen LogP contribution in [0.3, 0.4) is 0 Å². The third kappa shape index (κ3) is 2.84. The molecule has 92 valence electrons.